The first-order valence-corrected chi connectivity index (χ1v) is 6.64. The first-order valence-electron chi connectivity index (χ1n) is 6.64. The normalized spacial score (nSPS) is 12.2. The smallest absolute Gasteiger partial charge is 0.145 e. The number of para-hydroxylation sites is 1. The van der Waals surface area contributed by atoms with Crippen molar-refractivity contribution in [3.63, 3.8) is 0 Å². The quantitative estimate of drug-likeness (QED) is 0.883. The fraction of sp³-hybridized carbons (Fsp3) is 0.312. The second kappa shape index (κ2) is 6.34. The molecule has 2 aromatic rings. The van der Waals surface area contributed by atoms with Gasteiger partial charge in [-0.2, -0.15) is 0 Å². The lowest BCUT2D eigenvalue weighted by Crippen LogP contribution is -1.98. The Labute approximate surface area is 113 Å². The summed E-state index contributed by atoms with van der Waals surface area (Å²) in [5, 5.41) is 9.69. The molecule has 1 aromatic carbocycles. The van der Waals surface area contributed by atoms with Crippen LogP contribution in [0.3, 0.4) is 0 Å². The topological polar surface area (TPSA) is 42.4 Å². The van der Waals surface area contributed by atoms with Crippen LogP contribution in [0.4, 0.5) is 0 Å². The lowest BCUT2D eigenvalue weighted by Gasteiger charge is -2.11. The zero-order valence-corrected chi connectivity index (χ0v) is 11.3. The summed E-state index contributed by atoms with van der Waals surface area (Å²) in [5.74, 6) is 1.54. The van der Waals surface area contributed by atoms with Gasteiger partial charge in [-0.25, -0.2) is 0 Å². The average molecular weight is 257 g/mol. The van der Waals surface area contributed by atoms with E-state index in [4.69, 9.17) is 4.74 Å². The largest absolute Gasteiger partial charge is 0.455 e. The van der Waals surface area contributed by atoms with Crippen molar-refractivity contribution in [1.82, 2.24) is 4.98 Å². The minimum Gasteiger partial charge on any atom is -0.455 e. The highest BCUT2D eigenvalue weighted by Gasteiger charge is 2.07. The van der Waals surface area contributed by atoms with Crippen LogP contribution < -0.4 is 4.74 Å². The van der Waals surface area contributed by atoms with Gasteiger partial charge in [0.25, 0.3) is 0 Å². The molecule has 0 aliphatic heterocycles. The van der Waals surface area contributed by atoms with Gasteiger partial charge in [0.15, 0.2) is 0 Å². The molecule has 0 fully saturated rings. The predicted octanol–water partition coefficient (Wildman–Crippen LogP) is 3.88. The SMILES string of the molecule is CCc1ccccc1Oc1ccc([C@H](O)CC)nc1. The van der Waals surface area contributed by atoms with E-state index in [0.717, 1.165) is 12.2 Å². The minimum atomic E-state index is -0.503. The molecule has 1 atom stereocenters. The van der Waals surface area contributed by atoms with Gasteiger partial charge < -0.3 is 9.84 Å². The number of aromatic nitrogens is 1. The summed E-state index contributed by atoms with van der Waals surface area (Å²) in [5.41, 5.74) is 1.85. The van der Waals surface area contributed by atoms with Gasteiger partial charge in [0.1, 0.15) is 11.5 Å². The number of aliphatic hydroxyl groups excluding tert-OH is 1. The summed E-state index contributed by atoms with van der Waals surface area (Å²) >= 11 is 0. The fourth-order valence-corrected chi connectivity index (χ4v) is 1.88. The molecule has 3 heteroatoms. The highest BCUT2D eigenvalue weighted by atomic mass is 16.5. The molecule has 2 rings (SSSR count). The number of hydrogen-bond acceptors (Lipinski definition) is 3. The highest BCUT2D eigenvalue weighted by Crippen LogP contribution is 2.26. The van der Waals surface area contributed by atoms with Crippen molar-refractivity contribution in [3.05, 3.63) is 53.9 Å². The maximum absolute atomic E-state index is 9.69. The van der Waals surface area contributed by atoms with Gasteiger partial charge in [-0.05, 0) is 36.6 Å². The molecule has 0 saturated heterocycles. The van der Waals surface area contributed by atoms with Gasteiger partial charge in [0.05, 0.1) is 18.0 Å². The van der Waals surface area contributed by atoms with Crippen LogP contribution in [0.2, 0.25) is 0 Å². The van der Waals surface area contributed by atoms with Crippen LogP contribution in [0.5, 0.6) is 11.5 Å². The van der Waals surface area contributed by atoms with Crippen molar-refractivity contribution < 1.29 is 9.84 Å². The van der Waals surface area contributed by atoms with Crippen LogP contribution in [0.1, 0.15) is 37.6 Å². The third-order valence-corrected chi connectivity index (χ3v) is 3.07. The zero-order chi connectivity index (χ0) is 13.7. The second-order valence-corrected chi connectivity index (χ2v) is 4.41. The van der Waals surface area contributed by atoms with Crippen LogP contribution in [0.15, 0.2) is 42.6 Å². The third-order valence-electron chi connectivity index (χ3n) is 3.07. The fourth-order valence-electron chi connectivity index (χ4n) is 1.88. The summed E-state index contributed by atoms with van der Waals surface area (Å²) < 4.78 is 5.82. The van der Waals surface area contributed by atoms with Crippen LogP contribution in [0, 0.1) is 0 Å². The van der Waals surface area contributed by atoms with Crippen molar-refractivity contribution in [2.75, 3.05) is 0 Å². The maximum atomic E-state index is 9.69. The molecule has 0 bridgehead atoms. The van der Waals surface area contributed by atoms with Gasteiger partial charge in [-0.3, -0.25) is 4.98 Å². The standard InChI is InChI=1S/C16H19NO2/c1-3-12-7-5-6-8-16(12)19-13-9-10-14(17-11-13)15(18)4-2/h5-11,15,18H,3-4H2,1-2H3/t15-/m1/s1. The molecule has 1 heterocycles. The molecule has 3 nitrogen and oxygen atoms in total. The molecule has 1 N–H and O–H groups in total. The Balaban J connectivity index is 2.15. The Bertz CT molecular complexity index is 523. The Morgan fingerprint density at radius 2 is 1.95 bits per heavy atom. The van der Waals surface area contributed by atoms with Gasteiger partial charge >= 0.3 is 0 Å². The van der Waals surface area contributed by atoms with E-state index in [1.807, 2.05) is 31.2 Å². The number of benzene rings is 1. The first-order chi connectivity index (χ1) is 9.24. The average Bonchev–Trinajstić information content (AvgIpc) is 2.48. The van der Waals surface area contributed by atoms with E-state index in [0.29, 0.717) is 17.9 Å². The molecule has 0 aliphatic rings. The highest BCUT2D eigenvalue weighted by molar-refractivity contribution is 5.37. The molecule has 1 aromatic heterocycles. The molecule has 100 valence electrons. The van der Waals surface area contributed by atoms with Gasteiger partial charge in [-0.1, -0.05) is 32.0 Å². The van der Waals surface area contributed by atoms with Crippen molar-refractivity contribution in [3.8, 4) is 11.5 Å². The summed E-state index contributed by atoms with van der Waals surface area (Å²) in [6.07, 6.45) is 2.74. The summed E-state index contributed by atoms with van der Waals surface area (Å²) in [6, 6.07) is 11.6. The number of hydrogen-bond donors (Lipinski definition) is 1. The van der Waals surface area contributed by atoms with E-state index in [-0.39, 0.29) is 0 Å². The van der Waals surface area contributed by atoms with Gasteiger partial charge in [0.2, 0.25) is 0 Å². The van der Waals surface area contributed by atoms with Crippen molar-refractivity contribution in [2.24, 2.45) is 0 Å². The van der Waals surface area contributed by atoms with Crippen LogP contribution in [0.25, 0.3) is 0 Å². The lowest BCUT2D eigenvalue weighted by atomic mass is 10.1. The Morgan fingerprint density at radius 1 is 1.16 bits per heavy atom. The second-order valence-electron chi connectivity index (χ2n) is 4.41. The molecule has 0 saturated carbocycles. The van der Waals surface area contributed by atoms with E-state index in [9.17, 15) is 5.11 Å². The minimum absolute atomic E-state index is 0.503. The molecule has 19 heavy (non-hydrogen) atoms. The predicted molar refractivity (Wildman–Crippen MR) is 75.4 cm³/mol. The molecule has 0 unspecified atom stereocenters. The van der Waals surface area contributed by atoms with Crippen molar-refractivity contribution in [2.45, 2.75) is 32.8 Å². The molecule has 0 aliphatic carbocycles. The van der Waals surface area contributed by atoms with Crippen LogP contribution in [-0.2, 0) is 6.42 Å². The van der Waals surface area contributed by atoms with E-state index < -0.39 is 6.10 Å². The number of aliphatic hydroxyl groups is 1. The third kappa shape index (κ3) is 3.32. The maximum Gasteiger partial charge on any atom is 0.145 e. The van der Waals surface area contributed by atoms with Crippen LogP contribution in [-0.4, -0.2) is 10.1 Å². The van der Waals surface area contributed by atoms with E-state index >= 15 is 0 Å². The van der Waals surface area contributed by atoms with Gasteiger partial charge in [-0.15, -0.1) is 0 Å². The molecular formula is C16H19NO2. The van der Waals surface area contributed by atoms with Crippen molar-refractivity contribution in [1.29, 1.82) is 0 Å². The van der Waals surface area contributed by atoms with Crippen LogP contribution >= 0.6 is 0 Å². The Morgan fingerprint density at radius 3 is 2.58 bits per heavy atom. The number of rotatable bonds is 5. The lowest BCUT2D eigenvalue weighted by molar-refractivity contribution is 0.169. The summed E-state index contributed by atoms with van der Waals surface area (Å²) in [4.78, 5) is 4.23. The van der Waals surface area contributed by atoms with Gasteiger partial charge in [0, 0.05) is 0 Å². The summed E-state index contributed by atoms with van der Waals surface area (Å²) in [7, 11) is 0. The number of aryl methyl sites for hydroxylation is 1. The number of ether oxygens (including phenoxy) is 1. The molecule has 0 spiro atoms. The molecule has 0 radical (unpaired) electrons. The monoisotopic (exact) mass is 257 g/mol. The Kier molecular flexibility index (Phi) is 4.53. The number of pyridine rings is 1. The van der Waals surface area contributed by atoms with E-state index in [1.165, 1.54) is 5.56 Å². The zero-order valence-electron chi connectivity index (χ0n) is 11.3. The summed E-state index contributed by atoms with van der Waals surface area (Å²) in [6.45, 7) is 4.02. The van der Waals surface area contributed by atoms with Crippen molar-refractivity contribution >= 4 is 0 Å². The first kappa shape index (κ1) is 13.6. The number of nitrogens with zero attached hydrogens (tertiary/aromatic N) is 1. The Hall–Kier alpha value is -1.87. The van der Waals surface area contributed by atoms with E-state index in [1.54, 1.807) is 12.3 Å². The molecular weight excluding hydrogens is 238 g/mol. The molecule has 0 amide bonds. The van der Waals surface area contributed by atoms with E-state index in [2.05, 4.69) is 18.0 Å².